The van der Waals surface area contributed by atoms with Gasteiger partial charge in [0.2, 0.25) is 0 Å². The van der Waals surface area contributed by atoms with Crippen LogP contribution in [0.15, 0.2) is 54.6 Å². The quantitative estimate of drug-likeness (QED) is 0.802. The molecule has 0 saturated heterocycles. The molecule has 0 spiro atoms. The summed E-state index contributed by atoms with van der Waals surface area (Å²) in [5, 5.41) is 9.96. The van der Waals surface area contributed by atoms with E-state index in [1.54, 1.807) is 0 Å². The van der Waals surface area contributed by atoms with E-state index in [1.807, 2.05) is 54.6 Å². The Balaban J connectivity index is 2.08. The Bertz CT molecular complexity index is 394. The molecule has 1 atom stereocenters. The molecule has 0 aliphatic rings. The summed E-state index contributed by atoms with van der Waals surface area (Å²) in [6.07, 6.45) is 0.229. The molecular formula is C14H13O. The monoisotopic (exact) mass is 197 g/mol. The summed E-state index contributed by atoms with van der Waals surface area (Å²) in [4.78, 5) is 0. The minimum Gasteiger partial charge on any atom is -0.388 e. The molecule has 1 radical (unpaired) electrons. The lowest BCUT2D eigenvalue weighted by Crippen LogP contribution is -2.01. The smallest absolute Gasteiger partial charge is 0.0830 e. The lowest BCUT2D eigenvalue weighted by Gasteiger charge is -2.10. The predicted molar refractivity (Wildman–Crippen MR) is 60.4 cm³/mol. The molecule has 0 fully saturated rings. The van der Waals surface area contributed by atoms with E-state index >= 15 is 0 Å². The van der Waals surface area contributed by atoms with E-state index in [2.05, 4.69) is 6.07 Å². The van der Waals surface area contributed by atoms with Gasteiger partial charge in [0.25, 0.3) is 0 Å². The van der Waals surface area contributed by atoms with Gasteiger partial charge in [-0.25, -0.2) is 0 Å². The molecule has 15 heavy (non-hydrogen) atoms. The van der Waals surface area contributed by atoms with Crippen molar-refractivity contribution in [1.82, 2.24) is 0 Å². The van der Waals surface area contributed by atoms with Crippen LogP contribution in [0.3, 0.4) is 0 Å². The van der Waals surface area contributed by atoms with Crippen LogP contribution in [0.5, 0.6) is 0 Å². The standard InChI is InChI=1S/C14H13O/c15-14(13-9-5-2-6-10-13)11-12-7-3-1-4-8-12/h1,3-10,14-15H,11H2. The van der Waals surface area contributed by atoms with Crippen molar-refractivity contribution in [3.63, 3.8) is 0 Å². The second kappa shape index (κ2) is 4.76. The molecule has 0 aliphatic heterocycles. The summed E-state index contributed by atoms with van der Waals surface area (Å²) in [6.45, 7) is 0. The van der Waals surface area contributed by atoms with Gasteiger partial charge in [0.05, 0.1) is 6.10 Å². The topological polar surface area (TPSA) is 20.2 Å². The molecule has 2 aromatic carbocycles. The Hall–Kier alpha value is -1.60. The third-order valence-corrected chi connectivity index (χ3v) is 2.40. The van der Waals surface area contributed by atoms with Gasteiger partial charge in [-0.1, -0.05) is 54.6 Å². The van der Waals surface area contributed by atoms with Crippen LogP contribution in [-0.2, 0) is 6.42 Å². The number of aliphatic hydroxyl groups is 1. The van der Waals surface area contributed by atoms with Gasteiger partial charge in [-0.15, -0.1) is 0 Å². The number of benzene rings is 2. The molecule has 1 heteroatoms. The van der Waals surface area contributed by atoms with Crippen molar-refractivity contribution in [3.8, 4) is 0 Å². The third-order valence-electron chi connectivity index (χ3n) is 2.40. The molecule has 2 aromatic rings. The zero-order valence-corrected chi connectivity index (χ0v) is 8.43. The van der Waals surface area contributed by atoms with Crippen LogP contribution < -0.4 is 0 Å². The van der Waals surface area contributed by atoms with E-state index in [0.717, 1.165) is 11.1 Å². The maximum Gasteiger partial charge on any atom is 0.0830 e. The molecule has 1 unspecified atom stereocenters. The molecule has 0 bridgehead atoms. The molecule has 1 N–H and O–H groups in total. The Labute approximate surface area is 90.0 Å². The zero-order valence-electron chi connectivity index (χ0n) is 8.43. The summed E-state index contributed by atoms with van der Waals surface area (Å²) in [7, 11) is 0. The van der Waals surface area contributed by atoms with Gasteiger partial charge in [-0.05, 0) is 17.2 Å². The lowest BCUT2D eigenvalue weighted by molar-refractivity contribution is 0.178. The van der Waals surface area contributed by atoms with Crippen molar-refractivity contribution >= 4 is 0 Å². The molecule has 0 aliphatic carbocycles. The first kappa shape index (κ1) is 9.94. The van der Waals surface area contributed by atoms with Crippen LogP contribution in [0.1, 0.15) is 17.2 Å². The molecule has 0 heterocycles. The predicted octanol–water partition coefficient (Wildman–Crippen LogP) is 2.76. The van der Waals surface area contributed by atoms with Crippen LogP contribution >= 0.6 is 0 Å². The molecule has 75 valence electrons. The fourth-order valence-electron chi connectivity index (χ4n) is 1.58. The summed E-state index contributed by atoms with van der Waals surface area (Å²) < 4.78 is 0. The molecule has 0 amide bonds. The average Bonchev–Trinajstić information content (AvgIpc) is 2.31. The number of aliphatic hydroxyl groups excluding tert-OH is 1. The van der Waals surface area contributed by atoms with Crippen molar-refractivity contribution in [1.29, 1.82) is 0 Å². The highest BCUT2D eigenvalue weighted by Gasteiger charge is 2.06. The first-order chi connectivity index (χ1) is 7.36. The SMILES string of the molecule is OC(Cc1ccccc1)c1cc[c]cc1. The van der Waals surface area contributed by atoms with Crippen molar-refractivity contribution in [2.24, 2.45) is 0 Å². The number of rotatable bonds is 3. The van der Waals surface area contributed by atoms with Gasteiger partial charge in [-0.3, -0.25) is 0 Å². The van der Waals surface area contributed by atoms with E-state index in [0.29, 0.717) is 6.42 Å². The maximum atomic E-state index is 9.96. The highest BCUT2D eigenvalue weighted by molar-refractivity contribution is 5.21. The van der Waals surface area contributed by atoms with Crippen molar-refractivity contribution in [3.05, 3.63) is 71.8 Å². The summed E-state index contributed by atoms with van der Waals surface area (Å²) in [6, 6.07) is 20.4. The van der Waals surface area contributed by atoms with Crippen molar-refractivity contribution in [2.75, 3.05) is 0 Å². The van der Waals surface area contributed by atoms with Crippen LogP contribution in [-0.4, -0.2) is 5.11 Å². The first-order valence-electron chi connectivity index (χ1n) is 5.04. The highest BCUT2D eigenvalue weighted by Crippen LogP contribution is 2.17. The van der Waals surface area contributed by atoms with E-state index < -0.39 is 6.10 Å². The molecular weight excluding hydrogens is 184 g/mol. The lowest BCUT2D eigenvalue weighted by atomic mass is 10.0. The Morgan fingerprint density at radius 3 is 2.33 bits per heavy atom. The molecule has 0 saturated carbocycles. The minimum atomic E-state index is -0.429. The zero-order chi connectivity index (χ0) is 10.5. The van der Waals surface area contributed by atoms with Crippen LogP contribution in [0.4, 0.5) is 0 Å². The fraction of sp³-hybridized carbons (Fsp3) is 0.143. The third kappa shape index (κ3) is 2.67. The van der Waals surface area contributed by atoms with Crippen molar-refractivity contribution < 1.29 is 5.11 Å². The number of hydrogen-bond donors (Lipinski definition) is 1. The van der Waals surface area contributed by atoms with E-state index in [9.17, 15) is 5.11 Å². The van der Waals surface area contributed by atoms with E-state index in [-0.39, 0.29) is 0 Å². The van der Waals surface area contributed by atoms with E-state index in [4.69, 9.17) is 0 Å². The van der Waals surface area contributed by atoms with Crippen LogP contribution in [0.2, 0.25) is 0 Å². The molecule has 2 rings (SSSR count). The van der Waals surface area contributed by atoms with Gasteiger partial charge < -0.3 is 5.11 Å². The Morgan fingerprint density at radius 1 is 1.00 bits per heavy atom. The Kier molecular flexibility index (Phi) is 3.15. The first-order valence-corrected chi connectivity index (χ1v) is 5.04. The normalized spacial score (nSPS) is 12.3. The van der Waals surface area contributed by atoms with Crippen LogP contribution in [0.25, 0.3) is 0 Å². The summed E-state index contributed by atoms with van der Waals surface area (Å²) in [5.74, 6) is 0. The molecule has 0 aromatic heterocycles. The number of hydrogen-bond acceptors (Lipinski definition) is 1. The van der Waals surface area contributed by atoms with Gasteiger partial charge in [0.1, 0.15) is 0 Å². The maximum absolute atomic E-state index is 9.96. The van der Waals surface area contributed by atoms with Crippen molar-refractivity contribution in [2.45, 2.75) is 12.5 Å². The average molecular weight is 197 g/mol. The summed E-state index contributed by atoms with van der Waals surface area (Å²) in [5.41, 5.74) is 2.09. The van der Waals surface area contributed by atoms with E-state index in [1.165, 1.54) is 0 Å². The van der Waals surface area contributed by atoms with Gasteiger partial charge in [-0.2, -0.15) is 0 Å². The second-order valence-electron chi connectivity index (χ2n) is 3.54. The van der Waals surface area contributed by atoms with Crippen LogP contribution in [0, 0.1) is 6.07 Å². The van der Waals surface area contributed by atoms with Gasteiger partial charge in [0.15, 0.2) is 0 Å². The summed E-state index contributed by atoms with van der Waals surface area (Å²) >= 11 is 0. The molecule has 1 nitrogen and oxygen atoms in total. The minimum absolute atomic E-state index is 0.429. The highest BCUT2D eigenvalue weighted by atomic mass is 16.3. The van der Waals surface area contributed by atoms with Gasteiger partial charge in [0, 0.05) is 6.42 Å². The largest absolute Gasteiger partial charge is 0.388 e. The fourth-order valence-corrected chi connectivity index (χ4v) is 1.58. The Morgan fingerprint density at radius 2 is 1.67 bits per heavy atom. The van der Waals surface area contributed by atoms with Gasteiger partial charge >= 0.3 is 0 Å². The second-order valence-corrected chi connectivity index (χ2v) is 3.54.